The molecule has 1 aromatic heterocycles. The quantitative estimate of drug-likeness (QED) is 0.275. The fourth-order valence-corrected chi connectivity index (χ4v) is 4.84. The lowest BCUT2D eigenvalue weighted by Gasteiger charge is -2.23. The summed E-state index contributed by atoms with van der Waals surface area (Å²) in [6.45, 7) is 0. The molecule has 0 saturated carbocycles. The molecule has 1 atom stereocenters. The molecule has 1 aliphatic heterocycles. The molecule has 0 bridgehead atoms. The fraction of sp³-hybridized carbons (Fsp3) is 0.0800. The van der Waals surface area contributed by atoms with Crippen LogP contribution in [0, 0.1) is 0 Å². The van der Waals surface area contributed by atoms with E-state index < -0.39 is 17.7 Å². The van der Waals surface area contributed by atoms with E-state index >= 15 is 0 Å². The van der Waals surface area contributed by atoms with Crippen LogP contribution in [0.3, 0.4) is 0 Å². The Morgan fingerprint density at radius 1 is 0.969 bits per heavy atom. The maximum absolute atomic E-state index is 13.2. The molecule has 5 rings (SSSR count). The fourth-order valence-electron chi connectivity index (χ4n) is 3.85. The second-order valence-corrected chi connectivity index (χ2v) is 8.28. The summed E-state index contributed by atoms with van der Waals surface area (Å²) in [5, 5.41) is 11.5. The minimum absolute atomic E-state index is 0.0330. The van der Waals surface area contributed by atoms with Gasteiger partial charge in [0.15, 0.2) is 5.13 Å². The first-order valence-corrected chi connectivity index (χ1v) is 10.8. The molecule has 1 saturated heterocycles. The Hall–Kier alpha value is -3.97. The molecule has 158 valence electrons. The van der Waals surface area contributed by atoms with Gasteiger partial charge in [-0.2, -0.15) is 0 Å². The molecule has 1 unspecified atom stereocenters. The number of benzene rings is 3. The zero-order valence-corrected chi connectivity index (χ0v) is 17.9. The predicted molar refractivity (Wildman–Crippen MR) is 124 cm³/mol. The van der Waals surface area contributed by atoms with Crippen LogP contribution in [0.5, 0.6) is 5.75 Å². The van der Waals surface area contributed by atoms with Gasteiger partial charge < -0.3 is 9.84 Å². The van der Waals surface area contributed by atoms with Crippen LogP contribution in [0.15, 0.2) is 84.4 Å². The summed E-state index contributed by atoms with van der Waals surface area (Å²) in [6, 6.07) is 22.6. The minimum atomic E-state index is -0.818. The molecule has 2 heterocycles. The van der Waals surface area contributed by atoms with Gasteiger partial charge in [-0.3, -0.25) is 14.5 Å². The number of thiazole rings is 1. The van der Waals surface area contributed by atoms with Crippen molar-refractivity contribution >= 4 is 44.1 Å². The van der Waals surface area contributed by atoms with Crippen molar-refractivity contribution in [3.8, 4) is 5.75 Å². The smallest absolute Gasteiger partial charge is 0.301 e. The number of rotatable bonds is 4. The van der Waals surface area contributed by atoms with Gasteiger partial charge in [0.1, 0.15) is 11.5 Å². The largest absolute Gasteiger partial charge is 0.507 e. The van der Waals surface area contributed by atoms with Crippen molar-refractivity contribution in [2.75, 3.05) is 12.0 Å². The molecule has 1 aliphatic rings. The van der Waals surface area contributed by atoms with Crippen molar-refractivity contribution in [3.05, 3.63) is 95.6 Å². The number of hydrogen-bond acceptors (Lipinski definition) is 6. The maximum atomic E-state index is 13.2. The lowest BCUT2D eigenvalue weighted by molar-refractivity contribution is -0.132. The van der Waals surface area contributed by atoms with Gasteiger partial charge in [0.05, 0.1) is 28.9 Å². The van der Waals surface area contributed by atoms with E-state index in [1.807, 2.05) is 30.3 Å². The Labute approximate surface area is 188 Å². The van der Waals surface area contributed by atoms with Gasteiger partial charge in [0.25, 0.3) is 5.78 Å². The third kappa shape index (κ3) is 3.23. The molecule has 0 spiro atoms. The Kier molecular flexibility index (Phi) is 4.95. The number of hydrogen-bond donors (Lipinski definition) is 1. The van der Waals surface area contributed by atoms with Gasteiger partial charge in [0.2, 0.25) is 0 Å². The van der Waals surface area contributed by atoms with Crippen LogP contribution in [0.1, 0.15) is 17.2 Å². The molecule has 1 N–H and O–H groups in total. The monoisotopic (exact) mass is 442 g/mol. The van der Waals surface area contributed by atoms with Gasteiger partial charge in [-0.05, 0) is 29.8 Å². The second-order valence-electron chi connectivity index (χ2n) is 7.27. The van der Waals surface area contributed by atoms with Gasteiger partial charge in [-0.15, -0.1) is 0 Å². The van der Waals surface area contributed by atoms with Crippen molar-refractivity contribution in [1.29, 1.82) is 0 Å². The lowest BCUT2D eigenvalue weighted by Crippen LogP contribution is -2.29. The Morgan fingerprint density at radius 3 is 2.34 bits per heavy atom. The summed E-state index contributed by atoms with van der Waals surface area (Å²) in [5.74, 6) is -1.03. The standard InChI is InChI=1S/C25H18N2O4S/c1-31-17-13-11-15(12-14-17)21-20(22(28)16-7-3-2-4-8-16)23(29)24(30)27(21)25-26-18-9-5-6-10-19(18)32-25/h2-14,21,28H,1H3. The highest BCUT2D eigenvalue weighted by Crippen LogP contribution is 2.44. The van der Waals surface area contributed by atoms with E-state index in [0.29, 0.717) is 22.0 Å². The second kappa shape index (κ2) is 7.94. The number of fused-ring (bicyclic) bond motifs is 1. The van der Waals surface area contributed by atoms with Gasteiger partial charge in [-0.25, -0.2) is 4.98 Å². The molecule has 1 fully saturated rings. The zero-order valence-electron chi connectivity index (χ0n) is 17.1. The molecule has 0 aliphatic carbocycles. The number of amides is 1. The Morgan fingerprint density at radius 2 is 1.66 bits per heavy atom. The summed E-state index contributed by atoms with van der Waals surface area (Å²) in [6.07, 6.45) is 0. The average Bonchev–Trinajstić information content (AvgIpc) is 3.38. The number of anilines is 1. The lowest BCUT2D eigenvalue weighted by atomic mass is 9.95. The van der Waals surface area contributed by atoms with Crippen LogP contribution >= 0.6 is 11.3 Å². The first-order valence-electron chi connectivity index (χ1n) is 9.94. The van der Waals surface area contributed by atoms with Crippen LogP contribution in [0.2, 0.25) is 0 Å². The highest BCUT2D eigenvalue weighted by atomic mass is 32.1. The van der Waals surface area contributed by atoms with Gasteiger partial charge >= 0.3 is 5.91 Å². The van der Waals surface area contributed by atoms with Gasteiger partial charge in [0, 0.05) is 5.56 Å². The molecule has 4 aromatic rings. The third-order valence-electron chi connectivity index (χ3n) is 5.41. The number of aromatic nitrogens is 1. The minimum Gasteiger partial charge on any atom is -0.507 e. The van der Waals surface area contributed by atoms with Crippen molar-refractivity contribution < 1.29 is 19.4 Å². The Balaban J connectivity index is 1.72. The predicted octanol–water partition coefficient (Wildman–Crippen LogP) is 4.93. The first kappa shape index (κ1) is 20.0. The average molecular weight is 442 g/mol. The van der Waals surface area contributed by atoms with Crippen molar-refractivity contribution in [2.24, 2.45) is 0 Å². The van der Waals surface area contributed by atoms with Crippen LogP contribution in [0.4, 0.5) is 5.13 Å². The number of ether oxygens (including phenoxy) is 1. The highest BCUT2D eigenvalue weighted by molar-refractivity contribution is 7.22. The number of Topliss-reactive ketones (excluding diaryl/α,β-unsaturated/α-hetero) is 1. The summed E-state index contributed by atoms with van der Waals surface area (Å²) in [5.41, 5.74) is 1.91. The Bertz CT molecular complexity index is 1330. The highest BCUT2D eigenvalue weighted by Gasteiger charge is 2.48. The SMILES string of the molecule is COc1ccc(C2C(=C(O)c3ccccc3)C(=O)C(=O)N2c2nc3ccccc3s2)cc1. The molecule has 1 amide bonds. The van der Waals surface area contributed by atoms with Crippen LogP contribution in [-0.2, 0) is 9.59 Å². The molecule has 32 heavy (non-hydrogen) atoms. The number of para-hydroxylation sites is 1. The van der Waals surface area contributed by atoms with Crippen molar-refractivity contribution in [2.45, 2.75) is 6.04 Å². The van der Waals surface area contributed by atoms with Crippen LogP contribution in [0.25, 0.3) is 16.0 Å². The normalized spacial score (nSPS) is 17.8. The summed E-state index contributed by atoms with van der Waals surface area (Å²) >= 11 is 1.33. The number of nitrogens with zero attached hydrogens (tertiary/aromatic N) is 2. The molecule has 3 aromatic carbocycles. The zero-order chi connectivity index (χ0) is 22.2. The van der Waals surface area contributed by atoms with E-state index in [2.05, 4.69) is 4.98 Å². The third-order valence-corrected chi connectivity index (χ3v) is 6.45. The first-order chi connectivity index (χ1) is 15.6. The van der Waals surface area contributed by atoms with E-state index in [1.54, 1.807) is 55.6 Å². The molecule has 0 radical (unpaired) electrons. The van der Waals surface area contributed by atoms with E-state index in [9.17, 15) is 14.7 Å². The summed E-state index contributed by atoms with van der Waals surface area (Å²) in [7, 11) is 1.57. The van der Waals surface area contributed by atoms with Gasteiger partial charge in [-0.1, -0.05) is 65.9 Å². The van der Waals surface area contributed by atoms with Crippen molar-refractivity contribution in [3.63, 3.8) is 0 Å². The number of aliphatic hydroxyl groups is 1. The molecular weight excluding hydrogens is 424 g/mol. The number of methoxy groups -OCH3 is 1. The maximum Gasteiger partial charge on any atom is 0.301 e. The number of aliphatic hydroxyl groups excluding tert-OH is 1. The number of carbonyl (C=O) groups excluding carboxylic acids is 2. The summed E-state index contributed by atoms with van der Waals surface area (Å²) in [4.78, 5) is 32.4. The number of carbonyl (C=O) groups is 2. The number of ketones is 1. The topological polar surface area (TPSA) is 79.7 Å². The van der Waals surface area contributed by atoms with E-state index in [4.69, 9.17) is 4.74 Å². The van der Waals surface area contributed by atoms with Crippen LogP contribution in [-0.4, -0.2) is 28.9 Å². The van der Waals surface area contributed by atoms with E-state index in [1.165, 1.54) is 16.2 Å². The van der Waals surface area contributed by atoms with Crippen LogP contribution < -0.4 is 9.64 Å². The molecular formula is C25H18N2O4S. The van der Waals surface area contributed by atoms with Crippen molar-refractivity contribution in [1.82, 2.24) is 4.98 Å². The summed E-state index contributed by atoms with van der Waals surface area (Å²) < 4.78 is 6.15. The molecule has 6 nitrogen and oxygen atoms in total. The van der Waals surface area contributed by atoms with E-state index in [0.717, 1.165) is 10.2 Å². The van der Waals surface area contributed by atoms with E-state index in [-0.39, 0.29) is 11.3 Å². The molecule has 7 heteroatoms.